The number of benzene rings is 2. The summed E-state index contributed by atoms with van der Waals surface area (Å²) in [5, 5.41) is 7.25. The number of halogens is 1. The molecule has 0 radical (unpaired) electrons. The van der Waals surface area contributed by atoms with E-state index in [1.165, 1.54) is 6.07 Å². The third kappa shape index (κ3) is 4.09. The summed E-state index contributed by atoms with van der Waals surface area (Å²) in [7, 11) is 0. The molecule has 6 nitrogen and oxygen atoms in total. The molecule has 140 valence electrons. The molecule has 0 amide bonds. The fraction of sp³-hybridized carbons (Fsp3) is 0.300. The lowest BCUT2D eigenvalue weighted by Gasteiger charge is -2.15. The highest BCUT2D eigenvalue weighted by atomic mass is 19.1. The Morgan fingerprint density at radius 1 is 1.26 bits per heavy atom. The van der Waals surface area contributed by atoms with E-state index < -0.39 is 0 Å². The van der Waals surface area contributed by atoms with Crippen LogP contribution in [0.4, 0.5) is 10.1 Å². The van der Waals surface area contributed by atoms with Gasteiger partial charge in [-0.25, -0.2) is 4.39 Å². The standard InChI is InChI=1S/C20H20FN3O3/c1-13-10-14(6-7-16(13)21)20-23-19(27-24-20)11-22-17-4-2-3-5-18(17)26-15-8-9-25-12-15/h2-7,10,15,22H,8-9,11-12H2,1H3. The molecule has 1 aliphatic rings. The molecule has 4 rings (SSSR count). The Morgan fingerprint density at radius 3 is 2.96 bits per heavy atom. The van der Waals surface area contributed by atoms with Crippen LogP contribution in [-0.4, -0.2) is 29.5 Å². The van der Waals surface area contributed by atoms with Crippen molar-refractivity contribution in [2.75, 3.05) is 18.5 Å². The Morgan fingerprint density at radius 2 is 2.15 bits per heavy atom. The summed E-state index contributed by atoms with van der Waals surface area (Å²) in [5.41, 5.74) is 2.11. The molecule has 0 spiro atoms. The van der Waals surface area contributed by atoms with Crippen molar-refractivity contribution >= 4 is 5.69 Å². The first-order chi connectivity index (χ1) is 13.2. The monoisotopic (exact) mass is 369 g/mol. The molecule has 1 atom stereocenters. The zero-order valence-electron chi connectivity index (χ0n) is 14.9. The molecule has 1 aromatic heterocycles. The number of nitrogens with one attached hydrogen (secondary N) is 1. The van der Waals surface area contributed by atoms with Crippen LogP contribution in [0.1, 0.15) is 17.9 Å². The van der Waals surface area contributed by atoms with Crippen LogP contribution in [0, 0.1) is 12.7 Å². The van der Waals surface area contributed by atoms with E-state index in [9.17, 15) is 4.39 Å². The summed E-state index contributed by atoms with van der Waals surface area (Å²) in [6.07, 6.45) is 0.961. The summed E-state index contributed by atoms with van der Waals surface area (Å²) in [4.78, 5) is 4.38. The highest BCUT2D eigenvalue weighted by molar-refractivity contribution is 5.57. The van der Waals surface area contributed by atoms with Gasteiger partial charge in [0, 0.05) is 12.0 Å². The SMILES string of the molecule is Cc1cc(-c2noc(CNc3ccccc3OC3CCOC3)n2)ccc1F. The van der Waals surface area contributed by atoms with E-state index in [1.807, 2.05) is 24.3 Å². The predicted octanol–water partition coefficient (Wildman–Crippen LogP) is 3.96. The van der Waals surface area contributed by atoms with E-state index in [-0.39, 0.29) is 11.9 Å². The summed E-state index contributed by atoms with van der Waals surface area (Å²) in [6, 6.07) is 12.5. The van der Waals surface area contributed by atoms with Gasteiger partial charge in [0.1, 0.15) is 17.7 Å². The number of hydrogen-bond acceptors (Lipinski definition) is 6. The fourth-order valence-corrected chi connectivity index (χ4v) is 2.90. The zero-order chi connectivity index (χ0) is 18.6. The van der Waals surface area contributed by atoms with Crippen LogP contribution in [0.15, 0.2) is 47.0 Å². The molecule has 1 fully saturated rings. The second-order valence-electron chi connectivity index (χ2n) is 6.43. The van der Waals surface area contributed by atoms with Crippen molar-refractivity contribution in [2.45, 2.75) is 26.0 Å². The molecular formula is C20H20FN3O3. The maximum Gasteiger partial charge on any atom is 0.246 e. The normalized spacial score (nSPS) is 16.4. The molecule has 27 heavy (non-hydrogen) atoms. The molecular weight excluding hydrogens is 349 g/mol. The molecule has 1 saturated heterocycles. The number of nitrogens with zero attached hydrogens (tertiary/aromatic N) is 2. The molecule has 1 unspecified atom stereocenters. The number of rotatable bonds is 6. The van der Waals surface area contributed by atoms with Gasteiger partial charge in [-0.2, -0.15) is 4.98 Å². The molecule has 7 heteroatoms. The van der Waals surface area contributed by atoms with Crippen molar-refractivity contribution in [3.8, 4) is 17.1 Å². The first kappa shape index (κ1) is 17.5. The maximum atomic E-state index is 13.4. The zero-order valence-corrected chi connectivity index (χ0v) is 14.9. The molecule has 2 heterocycles. The van der Waals surface area contributed by atoms with Gasteiger partial charge in [0.25, 0.3) is 0 Å². The number of ether oxygens (including phenoxy) is 2. The van der Waals surface area contributed by atoms with E-state index in [0.29, 0.717) is 36.0 Å². The maximum absolute atomic E-state index is 13.4. The van der Waals surface area contributed by atoms with Crippen LogP contribution in [0.2, 0.25) is 0 Å². The van der Waals surface area contributed by atoms with Crippen molar-refractivity contribution in [1.29, 1.82) is 0 Å². The fourth-order valence-electron chi connectivity index (χ4n) is 2.90. The van der Waals surface area contributed by atoms with E-state index in [0.717, 1.165) is 24.5 Å². The van der Waals surface area contributed by atoms with E-state index in [4.69, 9.17) is 14.0 Å². The van der Waals surface area contributed by atoms with Crippen LogP contribution < -0.4 is 10.1 Å². The quantitative estimate of drug-likeness (QED) is 0.709. The Labute approximate surface area is 156 Å². The van der Waals surface area contributed by atoms with E-state index in [1.54, 1.807) is 19.1 Å². The topological polar surface area (TPSA) is 69.4 Å². The smallest absolute Gasteiger partial charge is 0.246 e. The minimum atomic E-state index is -0.256. The van der Waals surface area contributed by atoms with Gasteiger partial charge < -0.3 is 19.3 Å². The van der Waals surface area contributed by atoms with Crippen molar-refractivity contribution in [2.24, 2.45) is 0 Å². The Balaban J connectivity index is 1.43. The Hall–Kier alpha value is -2.93. The van der Waals surface area contributed by atoms with Gasteiger partial charge in [0.15, 0.2) is 0 Å². The van der Waals surface area contributed by atoms with Gasteiger partial charge >= 0.3 is 0 Å². The third-order valence-corrected chi connectivity index (χ3v) is 4.38. The van der Waals surface area contributed by atoms with E-state index >= 15 is 0 Å². The largest absolute Gasteiger partial charge is 0.486 e. The minimum Gasteiger partial charge on any atom is -0.486 e. The van der Waals surface area contributed by atoms with Crippen LogP contribution in [0.25, 0.3) is 11.4 Å². The highest BCUT2D eigenvalue weighted by Gasteiger charge is 2.18. The molecule has 1 N–H and O–H groups in total. The average Bonchev–Trinajstić information content (AvgIpc) is 3.35. The molecule has 0 bridgehead atoms. The first-order valence-corrected chi connectivity index (χ1v) is 8.85. The summed E-state index contributed by atoms with van der Waals surface area (Å²) < 4.78 is 30.1. The van der Waals surface area contributed by atoms with Crippen molar-refractivity contribution < 1.29 is 18.4 Å². The number of aromatic nitrogens is 2. The van der Waals surface area contributed by atoms with Crippen molar-refractivity contribution in [1.82, 2.24) is 10.1 Å². The van der Waals surface area contributed by atoms with Gasteiger partial charge in [-0.15, -0.1) is 0 Å². The lowest BCUT2D eigenvalue weighted by Crippen LogP contribution is -2.16. The molecule has 1 aliphatic heterocycles. The summed E-state index contributed by atoms with van der Waals surface area (Å²) >= 11 is 0. The third-order valence-electron chi connectivity index (χ3n) is 4.38. The van der Waals surface area contributed by atoms with Crippen LogP contribution in [0.3, 0.4) is 0 Å². The number of anilines is 1. The summed E-state index contributed by atoms with van der Waals surface area (Å²) in [6.45, 7) is 3.40. The van der Waals surface area contributed by atoms with Crippen LogP contribution in [-0.2, 0) is 11.3 Å². The van der Waals surface area contributed by atoms with E-state index in [2.05, 4.69) is 15.5 Å². The van der Waals surface area contributed by atoms with Gasteiger partial charge in [0.05, 0.1) is 25.4 Å². The number of hydrogen-bond donors (Lipinski definition) is 1. The number of para-hydroxylation sites is 2. The summed E-state index contributed by atoms with van der Waals surface area (Å²) in [5.74, 6) is 1.38. The van der Waals surface area contributed by atoms with Gasteiger partial charge in [0.2, 0.25) is 11.7 Å². The van der Waals surface area contributed by atoms with Crippen molar-refractivity contribution in [3.63, 3.8) is 0 Å². The van der Waals surface area contributed by atoms with Gasteiger partial charge in [-0.1, -0.05) is 17.3 Å². The second kappa shape index (κ2) is 7.75. The second-order valence-corrected chi connectivity index (χ2v) is 6.43. The Bertz CT molecular complexity index is 922. The highest BCUT2D eigenvalue weighted by Crippen LogP contribution is 2.27. The number of aryl methyl sites for hydroxylation is 1. The lowest BCUT2D eigenvalue weighted by atomic mass is 10.1. The Kier molecular flexibility index (Phi) is 5.02. The van der Waals surface area contributed by atoms with Gasteiger partial charge in [-0.3, -0.25) is 0 Å². The molecule has 2 aromatic carbocycles. The minimum absolute atomic E-state index is 0.0738. The average molecular weight is 369 g/mol. The lowest BCUT2D eigenvalue weighted by molar-refractivity contribution is 0.142. The molecule has 0 aliphatic carbocycles. The van der Waals surface area contributed by atoms with Crippen LogP contribution >= 0.6 is 0 Å². The van der Waals surface area contributed by atoms with Crippen molar-refractivity contribution in [3.05, 3.63) is 59.7 Å². The first-order valence-electron chi connectivity index (χ1n) is 8.85. The molecule has 3 aromatic rings. The van der Waals surface area contributed by atoms with Gasteiger partial charge in [-0.05, 0) is 42.8 Å². The molecule has 0 saturated carbocycles. The van der Waals surface area contributed by atoms with Crippen LogP contribution in [0.5, 0.6) is 5.75 Å². The predicted molar refractivity (Wildman–Crippen MR) is 98.0 cm³/mol.